The molecule has 198 valence electrons. The number of nitrogens with one attached hydrogen (secondary N) is 1. The van der Waals surface area contributed by atoms with Gasteiger partial charge in [0.2, 0.25) is 0 Å². The number of carbonyl (C=O) groups is 1. The summed E-state index contributed by atoms with van der Waals surface area (Å²) in [7, 11) is 0. The third-order valence-electron chi connectivity index (χ3n) is 6.48. The molecule has 7 nitrogen and oxygen atoms in total. The summed E-state index contributed by atoms with van der Waals surface area (Å²) in [6.45, 7) is 7.69. The molecule has 0 saturated carbocycles. The molecule has 1 saturated heterocycles. The first-order valence-electron chi connectivity index (χ1n) is 12.2. The van der Waals surface area contributed by atoms with Gasteiger partial charge in [-0.3, -0.25) is 9.97 Å². The smallest absolute Gasteiger partial charge is 0.410 e. The maximum Gasteiger partial charge on any atom is 0.410 e. The lowest BCUT2D eigenvalue weighted by Gasteiger charge is -2.38. The molecule has 1 aromatic carbocycles. The Hall–Kier alpha value is -3.40. The summed E-state index contributed by atoms with van der Waals surface area (Å²) in [5.41, 5.74) is -0.818. The molecule has 3 aromatic rings. The number of carbonyl (C=O) groups excluding carboxylic acids is 1. The fourth-order valence-corrected chi connectivity index (χ4v) is 4.45. The molecule has 1 amide bonds. The number of fused-ring (bicyclic) bond motifs is 1. The van der Waals surface area contributed by atoms with E-state index in [1.165, 1.54) is 12.1 Å². The molecule has 2 aromatic heterocycles. The molecule has 10 heteroatoms. The number of piperidine rings is 1. The van der Waals surface area contributed by atoms with Crippen molar-refractivity contribution in [3.8, 4) is 0 Å². The van der Waals surface area contributed by atoms with Crippen molar-refractivity contribution in [2.24, 2.45) is 0 Å². The van der Waals surface area contributed by atoms with Gasteiger partial charge < -0.3 is 20.1 Å². The molecule has 0 bridgehead atoms. The number of pyridine rings is 2. The Balaban J connectivity index is 1.57. The van der Waals surface area contributed by atoms with Crippen molar-refractivity contribution in [2.45, 2.75) is 64.2 Å². The molecule has 1 aliphatic heterocycles. The monoisotopic (exact) mass is 516 g/mol. The van der Waals surface area contributed by atoms with Gasteiger partial charge in [-0.05, 0) is 52.7 Å². The van der Waals surface area contributed by atoms with E-state index in [1.54, 1.807) is 57.1 Å². The van der Waals surface area contributed by atoms with E-state index >= 15 is 0 Å². The van der Waals surface area contributed by atoms with E-state index in [-0.39, 0.29) is 18.4 Å². The van der Waals surface area contributed by atoms with Crippen molar-refractivity contribution in [3.63, 3.8) is 0 Å². The van der Waals surface area contributed by atoms with Crippen molar-refractivity contribution < 1.29 is 27.8 Å². The molecular formula is C27H31F3N4O3. The summed E-state index contributed by atoms with van der Waals surface area (Å²) in [4.78, 5) is 22.7. The molecule has 3 heterocycles. The maximum absolute atomic E-state index is 14.7. The standard InChI is InChI=1S/C27H31F3N4O3/c1-16(17-6-5-7-18(23(17)28)24(29)30)33-20-8-11-31-21-15-32-22(14-19(20)21)27(36)9-12-34(13-10-27)25(35)37-26(2,3)4/h5-8,11,14-16,24,36H,9-10,12-13H2,1-4H3,(H,31,33)/t16-/m1/s1. The van der Waals surface area contributed by atoms with Gasteiger partial charge in [0.25, 0.3) is 6.43 Å². The highest BCUT2D eigenvalue weighted by Gasteiger charge is 2.38. The maximum atomic E-state index is 14.7. The molecule has 1 fully saturated rings. The molecular weight excluding hydrogens is 485 g/mol. The number of nitrogens with zero attached hydrogens (tertiary/aromatic N) is 3. The second-order valence-electron chi connectivity index (χ2n) is 10.4. The van der Waals surface area contributed by atoms with Crippen molar-refractivity contribution >= 4 is 22.7 Å². The predicted octanol–water partition coefficient (Wildman–Crippen LogP) is 6.10. The molecule has 0 aliphatic carbocycles. The number of halogens is 3. The van der Waals surface area contributed by atoms with Gasteiger partial charge >= 0.3 is 6.09 Å². The topological polar surface area (TPSA) is 87.6 Å². The molecule has 2 N–H and O–H groups in total. The van der Waals surface area contributed by atoms with Crippen LogP contribution in [0.1, 0.15) is 69.8 Å². The quantitative estimate of drug-likeness (QED) is 0.426. The number of rotatable bonds is 5. The zero-order valence-corrected chi connectivity index (χ0v) is 21.3. The highest BCUT2D eigenvalue weighted by atomic mass is 19.3. The van der Waals surface area contributed by atoms with Crippen LogP contribution in [0.4, 0.5) is 23.7 Å². The molecule has 0 radical (unpaired) electrons. The van der Waals surface area contributed by atoms with Gasteiger partial charge in [-0.25, -0.2) is 18.0 Å². The molecule has 0 spiro atoms. The number of anilines is 1. The lowest BCUT2D eigenvalue weighted by Crippen LogP contribution is -2.47. The molecule has 37 heavy (non-hydrogen) atoms. The Labute approximate surface area is 213 Å². The minimum Gasteiger partial charge on any atom is -0.444 e. The highest BCUT2D eigenvalue weighted by molar-refractivity contribution is 5.91. The van der Waals surface area contributed by atoms with Crippen molar-refractivity contribution in [3.05, 3.63) is 65.4 Å². The van der Waals surface area contributed by atoms with Gasteiger partial charge in [0.1, 0.15) is 17.0 Å². The van der Waals surface area contributed by atoms with Gasteiger partial charge in [0.15, 0.2) is 0 Å². The van der Waals surface area contributed by atoms with Crippen LogP contribution >= 0.6 is 0 Å². The van der Waals surface area contributed by atoms with E-state index in [2.05, 4.69) is 15.3 Å². The first-order chi connectivity index (χ1) is 17.4. The van der Waals surface area contributed by atoms with E-state index < -0.39 is 41.1 Å². The van der Waals surface area contributed by atoms with E-state index in [4.69, 9.17) is 4.74 Å². The minimum atomic E-state index is -2.91. The summed E-state index contributed by atoms with van der Waals surface area (Å²) in [5, 5.41) is 15.2. The van der Waals surface area contributed by atoms with Crippen LogP contribution in [-0.4, -0.2) is 44.8 Å². The first kappa shape index (κ1) is 26.7. The zero-order valence-electron chi connectivity index (χ0n) is 21.3. The van der Waals surface area contributed by atoms with Crippen LogP contribution in [-0.2, 0) is 10.3 Å². The number of hydrogen-bond acceptors (Lipinski definition) is 6. The van der Waals surface area contributed by atoms with Crippen LogP contribution in [0.2, 0.25) is 0 Å². The number of aliphatic hydroxyl groups is 1. The number of aromatic nitrogens is 2. The largest absolute Gasteiger partial charge is 0.444 e. The number of hydrogen-bond donors (Lipinski definition) is 2. The number of benzene rings is 1. The van der Waals surface area contributed by atoms with Crippen LogP contribution in [0.3, 0.4) is 0 Å². The van der Waals surface area contributed by atoms with E-state index in [0.29, 0.717) is 35.4 Å². The van der Waals surface area contributed by atoms with Crippen molar-refractivity contribution in [1.29, 1.82) is 0 Å². The summed E-state index contributed by atoms with van der Waals surface area (Å²) in [5.74, 6) is -0.940. The second-order valence-corrected chi connectivity index (χ2v) is 10.4. The molecule has 4 rings (SSSR count). The van der Waals surface area contributed by atoms with E-state index in [9.17, 15) is 23.1 Å². The minimum absolute atomic E-state index is 0.116. The number of ether oxygens (including phenoxy) is 1. The fourth-order valence-electron chi connectivity index (χ4n) is 4.45. The lowest BCUT2D eigenvalue weighted by atomic mass is 9.87. The highest BCUT2D eigenvalue weighted by Crippen LogP contribution is 2.36. The predicted molar refractivity (Wildman–Crippen MR) is 134 cm³/mol. The average molecular weight is 517 g/mol. The van der Waals surface area contributed by atoms with E-state index in [0.717, 1.165) is 6.07 Å². The Morgan fingerprint density at radius 2 is 1.84 bits per heavy atom. The summed E-state index contributed by atoms with van der Waals surface area (Å²) < 4.78 is 46.5. The van der Waals surface area contributed by atoms with Gasteiger partial charge in [0.05, 0.1) is 29.0 Å². The molecule has 1 aliphatic rings. The van der Waals surface area contributed by atoms with Crippen LogP contribution in [0.15, 0.2) is 42.7 Å². The lowest BCUT2D eigenvalue weighted by molar-refractivity contribution is -0.0380. The van der Waals surface area contributed by atoms with Gasteiger partial charge in [0, 0.05) is 35.9 Å². The summed E-state index contributed by atoms with van der Waals surface area (Å²) >= 11 is 0. The first-order valence-corrected chi connectivity index (χ1v) is 12.2. The Bertz CT molecular complexity index is 1290. The van der Waals surface area contributed by atoms with Crippen molar-refractivity contribution in [1.82, 2.24) is 14.9 Å². The van der Waals surface area contributed by atoms with E-state index in [1.807, 2.05) is 0 Å². The van der Waals surface area contributed by atoms with Gasteiger partial charge in [-0.15, -0.1) is 0 Å². The van der Waals surface area contributed by atoms with Gasteiger partial charge in [-0.1, -0.05) is 18.2 Å². The van der Waals surface area contributed by atoms with Crippen LogP contribution < -0.4 is 5.32 Å². The zero-order chi connectivity index (χ0) is 27.0. The number of likely N-dealkylation sites (tertiary alicyclic amines) is 1. The van der Waals surface area contributed by atoms with Crippen LogP contribution in [0.25, 0.3) is 10.9 Å². The normalized spacial score (nSPS) is 16.6. The average Bonchev–Trinajstić information content (AvgIpc) is 2.83. The van der Waals surface area contributed by atoms with Crippen LogP contribution in [0, 0.1) is 5.82 Å². The fraction of sp³-hybridized carbons (Fsp3) is 0.444. The number of amides is 1. The summed E-state index contributed by atoms with van der Waals surface area (Å²) in [6.07, 6.45) is 0.333. The Morgan fingerprint density at radius 3 is 2.49 bits per heavy atom. The third kappa shape index (κ3) is 5.79. The third-order valence-corrected chi connectivity index (χ3v) is 6.48. The molecule has 1 atom stereocenters. The van der Waals surface area contributed by atoms with Crippen LogP contribution in [0.5, 0.6) is 0 Å². The SMILES string of the molecule is C[C@@H](Nc1ccnc2cnc(C3(O)CCN(C(=O)OC(C)(C)C)CC3)cc12)c1cccc(C(F)F)c1F. The Kier molecular flexibility index (Phi) is 7.32. The van der Waals surface area contributed by atoms with Gasteiger partial charge in [-0.2, -0.15) is 0 Å². The Morgan fingerprint density at radius 1 is 1.16 bits per heavy atom. The summed E-state index contributed by atoms with van der Waals surface area (Å²) in [6, 6.07) is 6.76. The number of alkyl halides is 2. The second kappa shape index (κ2) is 10.2. The van der Waals surface area contributed by atoms with Crippen molar-refractivity contribution in [2.75, 3.05) is 18.4 Å². The molecule has 0 unspecified atom stereocenters.